The van der Waals surface area contributed by atoms with Crippen molar-refractivity contribution in [2.24, 2.45) is 0 Å². The predicted octanol–water partition coefficient (Wildman–Crippen LogP) is 5.82. The highest BCUT2D eigenvalue weighted by atomic mass is 32.2. The van der Waals surface area contributed by atoms with Crippen molar-refractivity contribution in [2.75, 3.05) is 0 Å². The molecule has 0 N–H and O–H groups in total. The maximum Gasteiger partial charge on any atom is 0.0122 e. The lowest BCUT2D eigenvalue weighted by Crippen LogP contribution is -2.08. The molecule has 1 rings (SSSR count). The van der Waals surface area contributed by atoms with Crippen LogP contribution >= 0.6 is 11.8 Å². The predicted molar refractivity (Wildman–Crippen MR) is 80.2 cm³/mol. The summed E-state index contributed by atoms with van der Waals surface area (Å²) in [5.74, 6) is 1.21. The van der Waals surface area contributed by atoms with E-state index in [1.807, 2.05) is 11.8 Å². The Hall–Kier alpha value is -0.430. The fourth-order valence-electron chi connectivity index (χ4n) is 1.80. The highest BCUT2D eigenvalue weighted by molar-refractivity contribution is 8.00. The molecule has 1 heteroatoms. The van der Waals surface area contributed by atoms with E-state index in [0.717, 1.165) is 0 Å². The van der Waals surface area contributed by atoms with Gasteiger partial charge in [-0.3, -0.25) is 0 Å². The average Bonchev–Trinajstić information content (AvgIpc) is 2.14. The number of hydrogen-bond donors (Lipinski definition) is 0. The molecular formula is C16H26S. The van der Waals surface area contributed by atoms with Crippen LogP contribution in [0.3, 0.4) is 0 Å². The molecule has 0 heterocycles. The van der Waals surface area contributed by atoms with Crippen LogP contribution in [0.5, 0.6) is 0 Å². The summed E-state index contributed by atoms with van der Waals surface area (Å²) in [6.45, 7) is 15.9. The minimum Gasteiger partial charge on any atom is -0.120 e. The molecule has 0 nitrogen and oxygen atoms in total. The number of hydrogen-bond acceptors (Lipinski definition) is 1. The van der Waals surface area contributed by atoms with Gasteiger partial charge in [-0.15, -0.1) is 11.8 Å². The molecule has 0 amide bonds. The standard InChI is InChI=1S/C16H26S/c1-11(2)13-8-9-15(17-16(5,6)7)14(10-13)12(3)4/h8-12H,1-7H3. The average molecular weight is 250 g/mol. The minimum atomic E-state index is 0.281. The molecule has 1 aromatic rings. The van der Waals surface area contributed by atoms with Gasteiger partial charge in [0.05, 0.1) is 0 Å². The quantitative estimate of drug-likeness (QED) is 0.609. The van der Waals surface area contributed by atoms with Crippen LogP contribution in [0.15, 0.2) is 23.1 Å². The van der Waals surface area contributed by atoms with Gasteiger partial charge in [0, 0.05) is 9.64 Å². The lowest BCUT2D eigenvalue weighted by Gasteiger charge is -2.22. The molecule has 1 aromatic carbocycles. The summed E-state index contributed by atoms with van der Waals surface area (Å²) in [6, 6.07) is 6.98. The zero-order valence-electron chi connectivity index (χ0n) is 12.3. The lowest BCUT2D eigenvalue weighted by atomic mass is 9.96. The Labute approximate surface area is 111 Å². The van der Waals surface area contributed by atoms with Crippen molar-refractivity contribution in [2.45, 2.75) is 69.9 Å². The number of benzene rings is 1. The van der Waals surface area contributed by atoms with Crippen molar-refractivity contribution in [3.05, 3.63) is 29.3 Å². The smallest absolute Gasteiger partial charge is 0.0122 e. The SMILES string of the molecule is CC(C)c1ccc(SC(C)(C)C)c(C(C)C)c1. The van der Waals surface area contributed by atoms with E-state index in [0.29, 0.717) is 11.8 Å². The lowest BCUT2D eigenvalue weighted by molar-refractivity contribution is 0.789. The summed E-state index contributed by atoms with van der Waals surface area (Å²) in [7, 11) is 0. The monoisotopic (exact) mass is 250 g/mol. The summed E-state index contributed by atoms with van der Waals surface area (Å²) < 4.78 is 0.281. The first-order valence-corrected chi connectivity index (χ1v) is 7.35. The molecule has 0 aromatic heterocycles. The molecule has 0 radical (unpaired) electrons. The van der Waals surface area contributed by atoms with Crippen molar-refractivity contribution >= 4 is 11.8 Å². The van der Waals surface area contributed by atoms with Crippen LogP contribution in [-0.4, -0.2) is 4.75 Å². The van der Waals surface area contributed by atoms with Gasteiger partial charge >= 0.3 is 0 Å². The second-order valence-electron chi connectivity index (χ2n) is 6.32. The zero-order chi connectivity index (χ0) is 13.2. The maximum atomic E-state index is 2.39. The van der Waals surface area contributed by atoms with Crippen LogP contribution in [0.1, 0.15) is 71.4 Å². The zero-order valence-corrected chi connectivity index (χ0v) is 13.1. The van der Waals surface area contributed by atoms with Crippen LogP contribution in [0.25, 0.3) is 0 Å². The summed E-state index contributed by atoms with van der Waals surface area (Å²) in [6.07, 6.45) is 0. The topological polar surface area (TPSA) is 0 Å². The van der Waals surface area contributed by atoms with Gasteiger partial charge in [0.2, 0.25) is 0 Å². The van der Waals surface area contributed by atoms with E-state index in [4.69, 9.17) is 0 Å². The van der Waals surface area contributed by atoms with Gasteiger partial charge in [0.25, 0.3) is 0 Å². The van der Waals surface area contributed by atoms with E-state index < -0.39 is 0 Å². The van der Waals surface area contributed by atoms with E-state index in [2.05, 4.69) is 66.7 Å². The molecular weight excluding hydrogens is 224 g/mol. The first-order chi connectivity index (χ1) is 7.70. The molecule has 96 valence electrons. The van der Waals surface area contributed by atoms with E-state index in [-0.39, 0.29) is 4.75 Å². The summed E-state index contributed by atoms with van der Waals surface area (Å²) in [5.41, 5.74) is 2.95. The second-order valence-corrected chi connectivity index (χ2v) is 8.19. The Balaban J connectivity index is 3.13. The van der Waals surface area contributed by atoms with Crippen LogP contribution in [-0.2, 0) is 0 Å². The summed E-state index contributed by atoms with van der Waals surface area (Å²) >= 11 is 1.98. The molecule has 0 unspecified atom stereocenters. The van der Waals surface area contributed by atoms with Gasteiger partial charge in [-0.1, -0.05) is 60.6 Å². The van der Waals surface area contributed by atoms with Gasteiger partial charge in [0.15, 0.2) is 0 Å². The Bertz CT molecular complexity index is 370. The highest BCUT2D eigenvalue weighted by Crippen LogP contribution is 2.38. The largest absolute Gasteiger partial charge is 0.120 e. The van der Waals surface area contributed by atoms with Crippen molar-refractivity contribution in [3.8, 4) is 0 Å². The second kappa shape index (κ2) is 5.48. The van der Waals surface area contributed by atoms with Crippen LogP contribution in [0, 0.1) is 0 Å². The number of rotatable bonds is 3. The third-order valence-electron chi connectivity index (χ3n) is 2.74. The maximum absolute atomic E-state index is 2.39. The molecule has 0 spiro atoms. The molecule has 0 aliphatic carbocycles. The fourth-order valence-corrected chi connectivity index (χ4v) is 3.01. The van der Waals surface area contributed by atoms with E-state index in [1.165, 1.54) is 16.0 Å². The fraction of sp³-hybridized carbons (Fsp3) is 0.625. The Kier molecular flexibility index (Phi) is 4.71. The van der Waals surface area contributed by atoms with Crippen molar-refractivity contribution < 1.29 is 0 Å². The van der Waals surface area contributed by atoms with E-state index in [1.54, 1.807) is 0 Å². The van der Waals surface area contributed by atoms with Gasteiger partial charge in [-0.25, -0.2) is 0 Å². The number of thioether (sulfide) groups is 1. The molecule has 0 fully saturated rings. The molecule has 0 saturated heterocycles. The van der Waals surface area contributed by atoms with Gasteiger partial charge in [-0.05, 0) is 29.0 Å². The van der Waals surface area contributed by atoms with Gasteiger partial charge < -0.3 is 0 Å². The van der Waals surface area contributed by atoms with Crippen LogP contribution in [0.2, 0.25) is 0 Å². The normalized spacial score (nSPS) is 12.5. The Morgan fingerprint density at radius 2 is 1.53 bits per heavy atom. The minimum absolute atomic E-state index is 0.281. The van der Waals surface area contributed by atoms with Crippen molar-refractivity contribution in [3.63, 3.8) is 0 Å². The molecule has 0 atom stereocenters. The van der Waals surface area contributed by atoms with Crippen LogP contribution in [0.4, 0.5) is 0 Å². The van der Waals surface area contributed by atoms with Crippen LogP contribution < -0.4 is 0 Å². The Morgan fingerprint density at radius 1 is 0.941 bits per heavy atom. The highest BCUT2D eigenvalue weighted by Gasteiger charge is 2.17. The third kappa shape index (κ3) is 4.39. The van der Waals surface area contributed by atoms with Gasteiger partial charge in [0.1, 0.15) is 0 Å². The van der Waals surface area contributed by atoms with Crippen molar-refractivity contribution in [1.29, 1.82) is 0 Å². The third-order valence-corrected chi connectivity index (χ3v) is 3.94. The summed E-state index contributed by atoms with van der Waals surface area (Å²) in [4.78, 5) is 1.44. The molecule has 0 aliphatic heterocycles. The van der Waals surface area contributed by atoms with Gasteiger partial charge in [-0.2, -0.15) is 0 Å². The molecule has 0 bridgehead atoms. The molecule has 0 aliphatic rings. The first-order valence-electron chi connectivity index (χ1n) is 6.53. The molecule has 0 saturated carbocycles. The van der Waals surface area contributed by atoms with Crippen molar-refractivity contribution in [1.82, 2.24) is 0 Å². The Morgan fingerprint density at radius 3 is 1.94 bits per heavy atom. The van der Waals surface area contributed by atoms with E-state index in [9.17, 15) is 0 Å². The molecule has 17 heavy (non-hydrogen) atoms. The van der Waals surface area contributed by atoms with E-state index >= 15 is 0 Å². The first kappa shape index (κ1) is 14.6. The summed E-state index contributed by atoms with van der Waals surface area (Å²) in [5, 5.41) is 0.